The van der Waals surface area contributed by atoms with Crippen molar-refractivity contribution < 1.29 is 38.6 Å². The number of amides is 4. The number of methoxy groups -OCH3 is 2. The molecule has 1 aromatic rings. The lowest BCUT2D eigenvalue weighted by Crippen LogP contribution is -2.56. The summed E-state index contributed by atoms with van der Waals surface area (Å²) in [6, 6.07) is 6.78. The third kappa shape index (κ3) is 12.2. The Morgan fingerprint density at radius 1 is 0.963 bits per heavy atom. The fourth-order valence-corrected chi connectivity index (χ4v) is 8.11. The molecule has 1 aromatic carbocycles. The SMILES string of the molecule is CCC(C)C(C(CC(=O)N1CCCC1C(OC)C(C)C(=O)NC(Cc1ccccc1)C(=O)O)OC)N(C)C(=O)CNC(=O)C(C(C)C)N1CCCNCC1. The number of likely N-dealkylation sites (N-methyl/N-ethyl adjacent to an activating group) is 1. The van der Waals surface area contributed by atoms with Crippen LogP contribution < -0.4 is 16.0 Å². The van der Waals surface area contributed by atoms with Gasteiger partial charge in [-0.3, -0.25) is 24.1 Å². The van der Waals surface area contributed by atoms with Gasteiger partial charge in [0, 0.05) is 53.9 Å². The zero-order valence-electron chi connectivity index (χ0n) is 33.7. The number of aliphatic carboxylic acids is 1. The average molecular weight is 759 g/mol. The molecule has 2 heterocycles. The number of carboxylic acid groups (broad SMARTS) is 1. The molecule has 14 heteroatoms. The highest BCUT2D eigenvalue weighted by molar-refractivity contribution is 5.88. The standard InChI is InChI=1S/C40H66N6O8/c1-9-27(4)36(44(6)34(48)25-42-39(50)35(26(2)3)45-20-14-18-41-19-22-45)32(53-7)24-33(47)46-21-13-17-31(46)37(54-8)28(5)38(49)43-30(40(51)52)23-29-15-11-10-12-16-29/h10-12,15-16,26-28,30-32,35-37,41H,9,13-14,17-25H2,1-8H3,(H,42,50)(H,43,49)(H,51,52). The Labute approximate surface area is 322 Å². The molecule has 3 rings (SSSR count). The first-order valence-corrected chi connectivity index (χ1v) is 19.7. The second-order valence-electron chi connectivity index (χ2n) is 15.3. The van der Waals surface area contributed by atoms with E-state index >= 15 is 0 Å². The van der Waals surface area contributed by atoms with Gasteiger partial charge in [0.25, 0.3) is 0 Å². The maximum atomic E-state index is 14.1. The molecule has 54 heavy (non-hydrogen) atoms. The number of carbonyl (C=O) groups is 5. The van der Waals surface area contributed by atoms with Crippen molar-refractivity contribution in [1.82, 2.24) is 30.7 Å². The molecule has 8 atom stereocenters. The molecule has 2 aliphatic rings. The van der Waals surface area contributed by atoms with E-state index in [-0.39, 0.29) is 55.0 Å². The number of hydrogen-bond donors (Lipinski definition) is 4. The summed E-state index contributed by atoms with van der Waals surface area (Å²) in [5, 5.41) is 18.8. The number of likely N-dealkylation sites (tertiary alicyclic amines) is 1. The van der Waals surface area contributed by atoms with E-state index < -0.39 is 48.1 Å². The Kier molecular flexibility index (Phi) is 18.3. The maximum absolute atomic E-state index is 14.1. The highest BCUT2D eigenvalue weighted by Crippen LogP contribution is 2.29. The van der Waals surface area contributed by atoms with Gasteiger partial charge >= 0.3 is 5.97 Å². The van der Waals surface area contributed by atoms with E-state index in [0.717, 1.165) is 44.6 Å². The van der Waals surface area contributed by atoms with Crippen LogP contribution in [0.4, 0.5) is 0 Å². The molecule has 0 aliphatic carbocycles. The fraction of sp³-hybridized carbons (Fsp3) is 0.725. The van der Waals surface area contributed by atoms with Crippen LogP contribution in [0.5, 0.6) is 0 Å². The van der Waals surface area contributed by atoms with Crippen LogP contribution in [0.3, 0.4) is 0 Å². The summed E-state index contributed by atoms with van der Waals surface area (Å²) in [7, 11) is 4.74. The van der Waals surface area contributed by atoms with Gasteiger partial charge in [0.2, 0.25) is 23.6 Å². The van der Waals surface area contributed by atoms with Gasteiger partial charge in [-0.15, -0.1) is 0 Å². The van der Waals surface area contributed by atoms with Crippen LogP contribution in [0, 0.1) is 17.8 Å². The van der Waals surface area contributed by atoms with E-state index in [0.29, 0.717) is 19.4 Å². The third-order valence-corrected chi connectivity index (χ3v) is 11.3. The van der Waals surface area contributed by atoms with Gasteiger partial charge in [-0.25, -0.2) is 4.79 Å². The first-order valence-electron chi connectivity index (χ1n) is 19.7. The summed E-state index contributed by atoms with van der Waals surface area (Å²) in [4.78, 5) is 72.3. The van der Waals surface area contributed by atoms with Gasteiger partial charge in [0.05, 0.1) is 49.2 Å². The molecule has 4 N–H and O–H groups in total. The molecule has 4 amide bonds. The number of benzene rings is 1. The summed E-state index contributed by atoms with van der Waals surface area (Å²) in [5.41, 5.74) is 0.787. The lowest BCUT2D eigenvalue weighted by Gasteiger charge is -2.39. The lowest BCUT2D eigenvalue weighted by molar-refractivity contribution is -0.147. The second-order valence-corrected chi connectivity index (χ2v) is 15.3. The van der Waals surface area contributed by atoms with E-state index in [1.54, 1.807) is 23.8 Å². The van der Waals surface area contributed by atoms with Gasteiger partial charge < -0.3 is 40.3 Å². The average Bonchev–Trinajstić information content (AvgIpc) is 3.49. The van der Waals surface area contributed by atoms with E-state index in [1.165, 1.54) is 14.2 Å². The Morgan fingerprint density at radius 3 is 2.28 bits per heavy atom. The largest absolute Gasteiger partial charge is 0.480 e. The minimum Gasteiger partial charge on any atom is -0.480 e. The molecular weight excluding hydrogens is 692 g/mol. The van der Waals surface area contributed by atoms with Crippen molar-refractivity contribution in [2.24, 2.45) is 17.8 Å². The first-order chi connectivity index (χ1) is 25.7. The van der Waals surface area contributed by atoms with Crippen LogP contribution in [0.15, 0.2) is 30.3 Å². The van der Waals surface area contributed by atoms with E-state index in [9.17, 15) is 29.1 Å². The zero-order valence-corrected chi connectivity index (χ0v) is 33.7. The molecule has 2 fully saturated rings. The van der Waals surface area contributed by atoms with E-state index in [2.05, 4.69) is 20.9 Å². The predicted molar refractivity (Wildman–Crippen MR) is 207 cm³/mol. The van der Waals surface area contributed by atoms with E-state index in [4.69, 9.17) is 9.47 Å². The van der Waals surface area contributed by atoms with Crippen LogP contribution in [0.2, 0.25) is 0 Å². The predicted octanol–water partition coefficient (Wildman–Crippen LogP) is 2.15. The number of rotatable bonds is 20. The summed E-state index contributed by atoms with van der Waals surface area (Å²) in [5.74, 6) is -2.93. The smallest absolute Gasteiger partial charge is 0.326 e. The molecule has 304 valence electrons. The van der Waals surface area contributed by atoms with Crippen molar-refractivity contribution in [3.8, 4) is 0 Å². The van der Waals surface area contributed by atoms with Gasteiger partial charge in [0.1, 0.15) is 6.04 Å². The van der Waals surface area contributed by atoms with Crippen molar-refractivity contribution in [1.29, 1.82) is 0 Å². The van der Waals surface area contributed by atoms with Gasteiger partial charge in [-0.2, -0.15) is 0 Å². The van der Waals surface area contributed by atoms with Crippen LogP contribution in [0.1, 0.15) is 72.3 Å². The number of nitrogens with zero attached hydrogens (tertiary/aromatic N) is 3. The minimum absolute atomic E-state index is 0.000416. The van der Waals surface area contributed by atoms with Gasteiger partial charge in [-0.05, 0) is 43.2 Å². The van der Waals surface area contributed by atoms with Crippen molar-refractivity contribution >= 4 is 29.6 Å². The molecule has 14 nitrogen and oxygen atoms in total. The van der Waals surface area contributed by atoms with Crippen molar-refractivity contribution in [3.63, 3.8) is 0 Å². The monoisotopic (exact) mass is 758 g/mol. The molecule has 0 aromatic heterocycles. The molecule has 2 aliphatic heterocycles. The third-order valence-electron chi connectivity index (χ3n) is 11.3. The molecule has 0 saturated carbocycles. The number of carboxylic acids is 1. The Hall–Kier alpha value is -3.59. The number of carbonyl (C=O) groups excluding carboxylic acids is 4. The topological polar surface area (TPSA) is 170 Å². The minimum atomic E-state index is -1.14. The zero-order chi connectivity index (χ0) is 39.9. The number of ether oxygens (including phenoxy) is 2. The molecule has 0 bridgehead atoms. The van der Waals surface area contributed by atoms with Crippen molar-refractivity contribution in [3.05, 3.63) is 35.9 Å². The summed E-state index contributed by atoms with van der Waals surface area (Å²) in [6.45, 7) is 13.4. The summed E-state index contributed by atoms with van der Waals surface area (Å²) in [6.07, 6.45) is 1.83. The fourth-order valence-electron chi connectivity index (χ4n) is 8.11. The van der Waals surface area contributed by atoms with Crippen molar-refractivity contribution in [2.45, 2.75) is 110 Å². The molecule has 0 spiro atoms. The second kappa shape index (κ2) is 22.1. The normalized spacial score (nSPS) is 20.5. The summed E-state index contributed by atoms with van der Waals surface area (Å²) >= 11 is 0. The summed E-state index contributed by atoms with van der Waals surface area (Å²) < 4.78 is 11.8. The Morgan fingerprint density at radius 2 is 1.67 bits per heavy atom. The highest BCUT2D eigenvalue weighted by Gasteiger charge is 2.42. The molecule has 0 radical (unpaired) electrons. The van der Waals surface area contributed by atoms with Gasteiger partial charge in [-0.1, -0.05) is 71.4 Å². The number of nitrogens with one attached hydrogen (secondary N) is 3. The van der Waals surface area contributed by atoms with Crippen molar-refractivity contribution in [2.75, 3.05) is 60.5 Å². The molecule has 8 unspecified atom stereocenters. The van der Waals surface area contributed by atoms with Crippen LogP contribution in [0.25, 0.3) is 0 Å². The number of hydrogen-bond acceptors (Lipinski definition) is 9. The molecule has 2 saturated heterocycles. The van der Waals surface area contributed by atoms with Crippen LogP contribution in [-0.4, -0.2) is 146 Å². The first kappa shape index (κ1) is 44.8. The van der Waals surface area contributed by atoms with Crippen LogP contribution in [-0.2, 0) is 39.9 Å². The maximum Gasteiger partial charge on any atom is 0.326 e. The molecular formula is C40H66N6O8. The van der Waals surface area contributed by atoms with E-state index in [1.807, 2.05) is 58.0 Å². The quantitative estimate of drug-likeness (QED) is 0.155. The van der Waals surface area contributed by atoms with Gasteiger partial charge in [0.15, 0.2) is 0 Å². The highest BCUT2D eigenvalue weighted by atomic mass is 16.5. The Bertz CT molecular complexity index is 1360. The lowest BCUT2D eigenvalue weighted by atomic mass is 9.90. The van der Waals surface area contributed by atoms with Crippen LogP contribution >= 0.6 is 0 Å². The Balaban J connectivity index is 1.69.